The first kappa shape index (κ1) is 18.6. The van der Waals surface area contributed by atoms with Crippen LogP contribution < -0.4 is 21.3 Å². The number of nitrogens with one attached hydrogen (secondary N) is 4. The lowest BCUT2D eigenvalue weighted by atomic mass is 10.1. The van der Waals surface area contributed by atoms with Gasteiger partial charge in [0.05, 0.1) is 17.2 Å². The summed E-state index contributed by atoms with van der Waals surface area (Å²) in [6.07, 6.45) is 1.15. The van der Waals surface area contributed by atoms with E-state index in [4.69, 9.17) is 0 Å². The maximum absolute atomic E-state index is 13.3. The van der Waals surface area contributed by atoms with Gasteiger partial charge in [-0.15, -0.1) is 11.3 Å². The van der Waals surface area contributed by atoms with Gasteiger partial charge in [-0.05, 0) is 31.3 Å². The third kappa shape index (κ3) is 3.29. The van der Waals surface area contributed by atoms with E-state index < -0.39 is 5.95 Å². The number of hydrogen-bond acceptors (Lipinski definition) is 8. The van der Waals surface area contributed by atoms with E-state index in [1.807, 2.05) is 31.3 Å². The molecule has 0 saturated heterocycles. The van der Waals surface area contributed by atoms with E-state index in [0.29, 0.717) is 29.6 Å². The standard InChI is InChI=1S/C20H18FN7OS/c1-22-7-10-8-23-18-17-11-2-5-15(28-16-6-14(21)24-9-25-16)27-12(11)3-4-13(17)30-19(18)20(29)26-10/h2-6,9-10,22-23H,7-8H2,1H3,(H,26,29)(H,24,25,27,28)/t10-/m1/s1. The van der Waals surface area contributed by atoms with Gasteiger partial charge in [0.25, 0.3) is 5.91 Å². The van der Waals surface area contributed by atoms with Crippen LogP contribution in [0.5, 0.6) is 0 Å². The summed E-state index contributed by atoms with van der Waals surface area (Å²) in [5, 5.41) is 14.5. The van der Waals surface area contributed by atoms with Gasteiger partial charge >= 0.3 is 0 Å². The lowest BCUT2D eigenvalue weighted by molar-refractivity contribution is 0.0946. The summed E-state index contributed by atoms with van der Waals surface area (Å²) >= 11 is 1.47. The van der Waals surface area contributed by atoms with Gasteiger partial charge in [0.15, 0.2) is 0 Å². The number of benzene rings is 1. The molecular weight excluding hydrogens is 405 g/mol. The van der Waals surface area contributed by atoms with Gasteiger partial charge < -0.3 is 21.3 Å². The number of hydrogen-bond donors (Lipinski definition) is 4. The third-order valence-electron chi connectivity index (χ3n) is 4.93. The smallest absolute Gasteiger partial charge is 0.263 e. The summed E-state index contributed by atoms with van der Waals surface area (Å²) in [4.78, 5) is 25.5. The molecule has 10 heteroatoms. The highest BCUT2D eigenvalue weighted by molar-refractivity contribution is 7.21. The van der Waals surface area contributed by atoms with Crippen molar-refractivity contribution in [3.05, 3.63) is 47.5 Å². The molecular formula is C20H18FN7OS. The quantitative estimate of drug-likeness (QED) is 0.374. The molecule has 1 aliphatic heterocycles. The molecule has 0 aliphatic carbocycles. The van der Waals surface area contributed by atoms with Crippen LogP contribution in [0.15, 0.2) is 36.7 Å². The summed E-state index contributed by atoms with van der Waals surface area (Å²) in [5.74, 6) is 0.188. The predicted molar refractivity (Wildman–Crippen MR) is 116 cm³/mol. The van der Waals surface area contributed by atoms with Crippen LogP contribution in [0.4, 0.5) is 21.7 Å². The van der Waals surface area contributed by atoms with E-state index >= 15 is 0 Å². The van der Waals surface area contributed by atoms with Gasteiger partial charge in [-0.2, -0.15) is 4.39 Å². The monoisotopic (exact) mass is 423 g/mol. The Bertz CT molecular complexity index is 1270. The highest BCUT2D eigenvalue weighted by Gasteiger charge is 2.26. The molecule has 4 N–H and O–H groups in total. The van der Waals surface area contributed by atoms with Crippen LogP contribution >= 0.6 is 11.3 Å². The van der Waals surface area contributed by atoms with E-state index in [1.165, 1.54) is 17.4 Å². The zero-order valence-corrected chi connectivity index (χ0v) is 16.8. The molecule has 0 bridgehead atoms. The van der Waals surface area contributed by atoms with E-state index in [1.54, 1.807) is 0 Å². The van der Waals surface area contributed by atoms with Gasteiger partial charge in [0.2, 0.25) is 5.95 Å². The number of fused-ring (bicyclic) bond motifs is 5. The molecule has 0 saturated carbocycles. The largest absolute Gasteiger partial charge is 0.381 e. The maximum Gasteiger partial charge on any atom is 0.263 e. The Labute approximate surface area is 174 Å². The molecule has 0 radical (unpaired) electrons. The second kappa shape index (κ2) is 7.47. The molecule has 0 unspecified atom stereocenters. The Morgan fingerprint density at radius 3 is 2.97 bits per heavy atom. The minimum Gasteiger partial charge on any atom is -0.381 e. The predicted octanol–water partition coefficient (Wildman–Crippen LogP) is 2.87. The topological polar surface area (TPSA) is 104 Å². The number of rotatable bonds is 4. The fraction of sp³-hybridized carbons (Fsp3) is 0.200. The molecule has 5 rings (SSSR count). The van der Waals surface area contributed by atoms with Crippen LogP contribution in [0.25, 0.3) is 21.0 Å². The minimum atomic E-state index is -0.614. The Morgan fingerprint density at radius 2 is 2.13 bits per heavy atom. The highest BCUT2D eigenvalue weighted by Crippen LogP contribution is 2.41. The van der Waals surface area contributed by atoms with Gasteiger partial charge in [-0.3, -0.25) is 4.79 Å². The summed E-state index contributed by atoms with van der Waals surface area (Å²) < 4.78 is 14.3. The summed E-state index contributed by atoms with van der Waals surface area (Å²) in [7, 11) is 1.86. The van der Waals surface area contributed by atoms with Crippen molar-refractivity contribution in [2.24, 2.45) is 0 Å². The van der Waals surface area contributed by atoms with E-state index in [2.05, 4.69) is 36.2 Å². The lowest BCUT2D eigenvalue weighted by Gasteiger charge is -2.15. The molecule has 4 heterocycles. The van der Waals surface area contributed by atoms with Gasteiger partial charge in [-0.1, -0.05) is 0 Å². The second-order valence-corrected chi connectivity index (χ2v) is 8.02. The first-order chi connectivity index (χ1) is 14.6. The second-order valence-electron chi connectivity index (χ2n) is 6.97. The fourth-order valence-corrected chi connectivity index (χ4v) is 4.73. The van der Waals surface area contributed by atoms with Crippen molar-refractivity contribution >= 4 is 55.6 Å². The Hall–Kier alpha value is -3.37. The Morgan fingerprint density at radius 1 is 1.23 bits per heavy atom. The molecule has 4 aromatic rings. The normalized spacial score (nSPS) is 16.1. The van der Waals surface area contributed by atoms with E-state index in [0.717, 1.165) is 33.0 Å². The van der Waals surface area contributed by atoms with Crippen molar-refractivity contribution < 1.29 is 9.18 Å². The molecule has 0 spiro atoms. The minimum absolute atomic E-state index is 0.00862. The SMILES string of the molecule is CNC[C@@H]1CNc2c(sc3ccc4nc(Nc5cc(F)ncn5)ccc4c23)C(=O)N1. The van der Waals surface area contributed by atoms with Crippen molar-refractivity contribution in [3.63, 3.8) is 0 Å². The van der Waals surface area contributed by atoms with Crippen LogP contribution in [0.2, 0.25) is 0 Å². The summed E-state index contributed by atoms with van der Waals surface area (Å²) in [5.41, 5.74) is 1.61. The number of halogens is 1. The highest BCUT2D eigenvalue weighted by atomic mass is 32.1. The number of nitrogens with zero attached hydrogens (tertiary/aromatic N) is 3. The van der Waals surface area contributed by atoms with Crippen LogP contribution in [0, 0.1) is 5.95 Å². The Balaban J connectivity index is 1.56. The summed E-state index contributed by atoms with van der Waals surface area (Å²) in [6, 6.07) is 8.87. The number of amides is 1. The molecule has 152 valence electrons. The zero-order valence-electron chi connectivity index (χ0n) is 16.0. The van der Waals surface area contributed by atoms with Crippen molar-refractivity contribution in [3.8, 4) is 0 Å². The lowest BCUT2D eigenvalue weighted by Crippen LogP contribution is -2.43. The number of carbonyl (C=O) groups is 1. The number of anilines is 3. The van der Waals surface area contributed by atoms with Crippen LogP contribution in [-0.4, -0.2) is 47.0 Å². The van der Waals surface area contributed by atoms with E-state index in [9.17, 15) is 9.18 Å². The van der Waals surface area contributed by atoms with Crippen molar-refractivity contribution in [1.29, 1.82) is 0 Å². The fourth-order valence-electron chi connectivity index (χ4n) is 3.63. The van der Waals surface area contributed by atoms with Gasteiger partial charge in [0, 0.05) is 34.6 Å². The number of thiophene rings is 1. The van der Waals surface area contributed by atoms with Crippen LogP contribution in [0.3, 0.4) is 0 Å². The molecule has 1 amide bonds. The molecule has 1 atom stereocenters. The van der Waals surface area contributed by atoms with Crippen LogP contribution in [0.1, 0.15) is 9.67 Å². The Kier molecular flexibility index (Phi) is 4.64. The first-order valence-electron chi connectivity index (χ1n) is 9.42. The molecule has 8 nitrogen and oxygen atoms in total. The van der Waals surface area contributed by atoms with Crippen LogP contribution in [-0.2, 0) is 0 Å². The third-order valence-corrected chi connectivity index (χ3v) is 6.08. The average Bonchev–Trinajstić information content (AvgIpc) is 3.04. The average molecular weight is 423 g/mol. The van der Waals surface area contributed by atoms with Gasteiger partial charge in [0.1, 0.15) is 22.8 Å². The maximum atomic E-state index is 13.3. The van der Waals surface area contributed by atoms with Crippen molar-refractivity contribution in [2.75, 3.05) is 30.8 Å². The molecule has 30 heavy (non-hydrogen) atoms. The number of carbonyl (C=O) groups excluding carboxylic acids is 1. The first-order valence-corrected chi connectivity index (χ1v) is 10.2. The number of pyridine rings is 1. The number of likely N-dealkylation sites (N-methyl/N-ethyl adjacent to an activating group) is 1. The zero-order chi connectivity index (χ0) is 20.7. The molecule has 3 aromatic heterocycles. The summed E-state index contributed by atoms with van der Waals surface area (Å²) in [6.45, 7) is 1.32. The van der Waals surface area contributed by atoms with E-state index in [-0.39, 0.29) is 11.9 Å². The van der Waals surface area contributed by atoms with Gasteiger partial charge in [-0.25, -0.2) is 15.0 Å². The van der Waals surface area contributed by atoms with Crippen molar-refractivity contribution in [2.45, 2.75) is 6.04 Å². The molecule has 1 aliphatic rings. The number of aromatic nitrogens is 3. The van der Waals surface area contributed by atoms with Crippen molar-refractivity contribution in [1.82, 2.24) is 25.6 Å². The molecule has 0 fully saturated rings. The molecule has 1 aromatic carbocycles.